The van der Waals surface area contributed by atoms with Gasteiger partial charge < -0.3 is 5.73 Å². The molecular weight excluding hydrogens is 264 g/mol. The van der Waals surface area contributed by atoms with Gasteiger partial charge in [-0.05, 0) is 31.0 Å². The van der Waals surface area contributed by atoms with Crippen LogP contribution in [0.4, 0.5) is 5.69 Å². The van der Waals surface area contributed by atoms with E-state index in [0.29, 0.717) is 6.04 Å². The van der Waals surface area contributed by atoms with Gasteiger partial charge in [-0.2, -0.15) is 0 Å². The highest BCUT2D eigenvalue weighted by Crippen LogP contribution is 2.21. The van der Waals surface area contributed by atoms with E-state index >= 15 is 0 Å². The summed E-state index contributed by atoms with van der Waals surface area (Å²) in [5.74, 6) is 0. The van der Waals surface area contributed by atoms with Gasteiger partial charge in [0.1, 0.15) is 0 Å². The van der Waals surface area contributed by atoms with Crippen LogP contribution >= 0.6 is 15.9 Å². The molecule has 0 aliphatic heterocycles. The summed E-state index contributed by atoms with van der Waals surface area (Å²) in [6.07, 6.45) is 8.38. The van der Waals surface area contributed by atoms with E-state index in [1.165, 1.54) is 32.1 Å². The van der Waals surface area contributed by atoms with Crippen LogP contribution < -0.4 is 5.73 Å². The minimum absolute atomic E-state index is 0.507. The van der Waals surface area contributed by atoms with Gasteiger partial charge in [-0.15, -0.1) is 0 Å². The van der Waals surface area contributed by atoms with Gasteiger partial charge in [0, 0.05) is 28.0 Å². The molecule has 1 saturated carbocycles. The second-order valence-corrected chi connectivity index (χ2v) is 5.26. The molecule has 0 heterocycles. The number of benzene rings is 1. The minimum Gasteiger partial charge on any atom is -0.398 e. The van der Waals surface area contributed by atoms with Gasteiger partial charge in [0.2, 0.25) is 0 Å². The summed E-state index contributed by atoms with van der Waals surface area (Å²) in [7, 11) is 0. The van der Waals surface area contributed by atoms with Gasteiger partial charge in [-0.3, -0.25) is 4.99 Å². The van der Waals surface area contributed by atoms with Gasteiger partial charge in [0.15, 0.2) is 0 Å². The van der Waals surface area contributed by atoms with E-state index in [9.17, 15) is 0 Å². The Morgan fingerprint density at radius 1 is 1.25 bits per heavy atom. The molecule has 0 unspecified atom stereocenters. The summed E-state index contributed by atoms with van der Waals surface area (Å²) in [6, 6.07) is 6.38. The third kappa shape index (κ3) is 3.08. The van der Waals surface area contributed by atoms with Crippen molar-refractivity contribution in [3.8, 4) is 0 Å². The second-order valence-electron chi connectivity index (χ2n) is 4.34. The van der Waals surface area contributed by atoms with Crippen molar-refractivity contribution in [1.29, 1.82) is 0 Å². The molecule has 1 aromatic carbocycles. The first kappa shape index (κ1) is 11.6. The Balaban J connectivity index is 2.07. The van der Waals surface area contributed by atoms with Crippen LogP contribution in [0.5, 0.6) is 0 Å². The third-order valence-corrected chi connectivity index (χ3v) is 3.54. The van der Waals surface area contributed by atoms with Crippen LogP contribution in [0.3, 0.4) is 0 Å². The topological polar surface area (TPSA) is 38.4 Å². The van der Waals surface area contributed by atoms with Crippen LogP contribution in [0.15, 0.2) is 27.7 Å². The highest BCUT2D eigenvalue weighted by atomic mass is 79.9. The van der Waals surface area contributed by atoms with Crippen LogP contribution in [0.1, 0.15) is 37.7 Å². The van der Waals surface area contributed by atoms with E-state index in [0.717, 1.165) is 15.7 Å². The maximum absolute atomic E-state index is 5.89. The van der Waals surface area contributed by atoms with E-state index in [-0.39, 0.29) is 0 Å². The molecule has 0 atom stereocenters. The quantitative estimate of drug-likeness (QED) is 0.650. The Morgan fingerprint density at radius 2 is 2.00 bits per heavy atom. The summed E-state index contributed by atoms with van der Waals surface area (Å²) in [6.45, 7) is 0. The lowest BCUT2D eigenvalue weighted by atomic mass is 9.96. The van der Waals surface area contributed by atoms with Crippen molar-refractivity contribution < 1.29 is 0 Å². The first-order valence-corrected chi connectivity index (χ1v) is 6.63. The van der Waals surface area contributed by atoms with E-state index in [1.807, 2.05) is 24.4 Å². The van der Waals surface area contributed by atoms with Crippen LogP contribution in [-0.2, 0) is 0 Å². The third-order valence-electron chi connectivity index (χ3n) is 3.05. The smallest absolute Gasteiger partial charge is 0.0499 e. The molecule has 1 aliphatic carbocycles. The number of nitrogens with zero attached hydrogens (tertiary/aromatic N) is 1. The molecule has 0 radical (unpaired) electrons. The van der Waals surface area contributed by atoms with Crippen LogP contribution in [0.25, 0.3) is 0 Å². The lowest BCUT2D eigenvalue weighted by molar-refractivity contribution is 0.444. The first-order chi connectivity index (χ1) is 7.75. The molecule has 0 saturated heterocycles. The first-order valence-electron chi connectivity index (χ1n) is 5.84. The van der Waals surface area contributed by atoms with Gasteiger partial charge >= 0.3 is 0 Å². The molecule has 3 heteroatoms. The summed E-state index contributed by atoms with van der Waals surface area (Å²) in [5, 5.41) is 0. The van der Waals surface area contributed by atoms with Crippen molar-refractivity contribution in [1.82, 2.24) is 0 Å². The summed E-state index contributed by atoms with van der Waals surface area (Å²) < 4.78 is 1.05. The van der Waals surface area contributed by atoms with Crippen molar-refractivity contribution >= 4 is 27.8 Å². The highest BCUT2D eigenvalue weighted by molar-refractivity contribution is 9.10. The molecule has 0 spiro atoms. The Hall–Kier alpha value is -0.830. The van der Waals surface area contributed by atoms with Gasteiger partial charge in [-0.25, -0.2) is 0 Å². The zero-order valence-electron chi connectivity index (χ0n) is 9.32. The molecule has 16 heavy (non-hydrogen) atoms. The van der Waals surface area contributed by atoms with Crippen LogP contribution in [-0.4, -0.2) is 12.3 Å². The van der Waals surface area contributed by atoms with Crippen molar-refractivity contribution in [3.63, 3.8) is 0 Å². The van der Waals surface area contributed by atoms with E-state index in [1.54, 1.807) is 0 Å². The second kappa shape index (κ2) is 5.48. The van der Waals surface area contributed by atoms with Crippen molar-refractivity contribution in [2.75, 3.05) is 5.73 Å². The molecule has 2 N–H and O–H groups in total. The van der Waals surface area contributed by atoms with Crippen molar-refractivity contribution in [3.05, 3.63) is 28.2 Å². The average molecular weight is 281 g/mol. The molecule has 2 nitrogen and oxygen atoms in total. The van der Waals surface area contributed by atoms with E-state index in [4.69, 9.17) is 5.73 Å². The van der Waals surface area contributed by atoms with Crippen LogP contribution in [0.2, 0.25) is 0 Å². The fourth-order valence-corrected chi connectivity index (χ4v) is 2.45. The molecule has 2 rings (SSSR count). The van der Waals surface area contributed by atoms with Crippen molar-refractivity contribution in [2.45, 2.75) is 38.1 Å². The van der Waals surface area contributed by atoms with Crippen molar-refractivity contribution in [2.24, 2.45) is 4.99 Å². The largest absolute Gasteiger partial charge is 0.398 e. The Morgan fingerprint density at radius 3 is 2.75 bits per heavy atom. The van der Waals surface area contributed by atoms with Gasteiger partial charge in [-0.1, -0.05) is 35.2 Å². The molecule has 0 aromatic heterocycles. The number of nitrogens with two attached hydrogens (primary N) is 1. The Bertz CT molecular complexity index is 382. The lowest BCUT2D eigenvalue weighted by Gasteiger charge is -2.17. The Labute approximate surface area is 105 Å². The summed E-state index contributed by atoms with van der Waals surface area (Å²) in [4.78, 5) is 4.63. The maximum atomic E-state index is 5.89. The normalized spacial score (nSPS) is 18.1. The summed E-state index contributed by atoms with van der Waals surface area (Å²) >= 11 is 3.45. The predicted octanol–water partition coefficient (Wildman–Crippen LogP) is 3.78. The standard InChI is InChI=1S/C13H17BrN2/c14-11-6-7-13(15)10(8-11)9-16-12-4-2-1-3-5-12/h6-9,12H,1-5,15H2. The fraction of sp³-hybridized carbons (Fsp3) is 0.462. The maximum Gasteiger partial charge on any atom is 0.0499 e. The molecule has 1 aromatic rings. The molecule has 1 aliphatic rings. The number of hydrogen-bond acceptors (Lipinski definition) is 2. The Kier molecular flexibility index (Phi) is 3.99. The van der Waals surface area contributed by atoms with Gasteiger partial charge in [0.05, 0.1) is 0 Å². The minimum atomic E-state index is 0.507. The van der Waals surface area contributed by atoms with E-state index < -0.39 is 0 Å². The number of aliphatic imine (C=N–C) groups is 1. The molecule has 86 valence electrons. The zero-order valence-corrected chi connectivity index (χ0v) is 10.9. The number of anilines is 1. The average Bonchev–Trinajstić information content (AvgIpc) is 2.32. The molecule has 0 amide bonds. The predicted molar refractivity (Wildman–Crippen MR) is 73.0 cm³/mol. The lowest BCUT2D eigenvalue weighted by Crippen LogP contribution is -2.09. The highest BCUT2D eigenvalue weighted by Gasteiger charge is 2.10. The van der Waals surface area contributed by atoms with Crippen LogP contribution in [0, 0.1) is 0 Å². The number of hydrogen-bond donors (Lipinski definition) is 1. The molecule has 0 bridgehead atoms. The number of rotatable bonds is 2. The summed E-state index contributed by atoms with van der Waals surface area (Å²) in [5.41, 5.74) is 7.70. The monoisotopic (exact) mass is 280 g/mol. The zero-order chi connectivity index (χ0) is 11.4. The number of nitrogen functional groups attached to an aromatic ring is 1. The SMILES string of the molecule is Nc1ccc(Br)cc1C=NC1CCCCC1. The fourth-order valence-electron chi connectivity index (χ4n) is 2.07. The van der Waals surface area contributed by atoms with E-state index in [2.05, 4.69) is 20.9 Å². The molecule has 1 fully saturated rings. The van der Waals surface area contributed by atoms with Gasteiger partial charge in [0.25, 0.3) is 0 Å². The number of halogens is 1. The molecular formula is C13H17BrN2.